The summed E-state index contributed by atoms with van der Waals surface area (Å²) in [5.74, 6) is 0.419. The Labute approximate surface area is 96.3 Å². The minimum Gasteiger partial charge on any atom is -0.0946 e. The summed E-state index contributed by atoms with van der Waals surface area (Å²) in [5.41, 5.74) is 7.12. The van der Waals surface area contributed by atoms with Crippen LogP contribution in [-0.4, -0.2) is 0 Å². The second-order valence-electron chi connectivity index (χ2n) is 4.60. The van der Waals surface area contributed by atoms with E-state index in [0.717, 1.165) is 22.3 Å². The molecule has 1 saturated carbocycles. The van der Waals surface area contributed by atoms with Crippen LogP contribution in [0.2, 0.25) is 0 Å². The average molecular weight is 206 g/mol. The van der Waals surface area contributed by atoms with Gasteiger partial charge in [0, 0.05) is 11.8 Å². The first kappa shape index (κ1) is 9.41. The first-order valence-electron chi connectivity index (χ1n) is 5.47. The Hall–Kier alpha value is -1.82. The first-order chi connectivity index (χ1) is 7.63. The van der Waals surface area contributed by atoms with Crippen LogP contribution >= 0.6 is 0 Å². The number of fused-ring (bicyclic) bond motifs is 2. The second kappa shape index (κ2) is 2.85. The molecule has 16 heavy (non-hydrogen) atoms. The zero-order valence-corrected chi connectivity index (χ0v) is 9.29. The van der Waals surface area contributed by atoms with Crippen molar-refractivity contribution in [3.05, 3.63) is 84.0 Å². The van der Waals surface area contributed by atoms with Gasteiger partial charge in [-0.2, -0.15) is 0 Å². The molecule has 0 saturated heterocycles. The van der Waals surface area contributed by atoms with E-state index in [0.29, 0.717) is 0 Å². The van der Waals surface area contributed by atoms with Crippen molar-refractivity contribution in [2.45, 2.75) is 11.8 Å². The van der Waals surface area contributed by atoms with Gasteiger partial charge in [-0.1, -0.05) is 50.6 Å². The Morgan fingerprint density at radius 3 is 1.25 bits per heavy atom. The topological polar surface area (TPSA) is 0 Å². The highest BCUT2D eigenvalue weighted by atomic mass is 14.4. The zero-order chi connectivity index (χ0) is 11.4. The highest BCUT2D eigenvalue weighted by molar-refractivity contribution is 5.70. The van der Waals surface area contributed by atoms with E-state index in [-0.39, 0.29) is 11.8 Å². The van der Waals surface area contributed by atoms with Crippen LogP contribution in [-0.2, 0) is 0 Å². The molecule has 0 aromatic heterocycles. The van der Waals surface area contributed by atoms with Crippen molar-refractivity contribution < 1.29 is 0 Å². The predicted octanol–water partition coefficient (Wildman–Crippen LogP) is 4.11. The fourth-order valence-electron chi connectivity index (χ4n) is 2.95. The predicted molar refractivity (Wildman–Crippen MR) is 68.5 cm³/mol. The van der Waals surface area contributed by atoms with Gasteiger partial charge in [0.05, 0.1) is 0 Å². The molecule has 1 aromatic rings. The lowest BCUT2D eigenvalue weighted by Crippen LogP contribution is -2.28. The molecule has 0 atom stereocenters. The van der Waals surface area contributed by atoms with Gasteiger partial charge in [-0.3, -0.25) is 0 Å². The van der Waals surface area contributed by atoms with E-state index >= 15 is 0 Å². The molecule has 0 nitrogen and oxygen atoms in total. The van der Waals surface area contributed by atoms with Crippen molar-refractivity contribution in [2.24, 2.45) is 0 Å². The normalized spacial score (nSPS) is 27.2. The van der Waals surface area contributed by atoms with Crippen molar-refractivity contribution in [2.75, 3.05) is 0 Å². The summed E-state index contributed by atoms with van der Waals surface area (Å²) in [6.07, 6.45) is 0. The van der Waals surface area contributed by atoms with Gasteiger partial charge in [0.2, 0.25) is 0 Å². The maximum absolute atomic E-state index is 4.16. The fraction of sp³-hybridized carbons (Fsp3) is 0.125. The van der Waals surface area contributed by atoms with Crippen LogP contribution in [0.1, 0.15) is 23.0 Å². The monoisotopic (exact) mass is 206 g/mol. The van der Waals surface area contributed by atoms with Gasteiger partial charge in [0.25, 0.3) is 0 Å². The molecule has 0 heteroatoms. The molecule has 0 aliphatic heterocycles. The Morgan fingerprint density at radius 1 is 0.625 bits per heavy atom. The average Bonchev–Trinajstić information content (AvgIpc) is 2.28. The van der Waals surface area contributed by atoms with E-state index in [9.17, 15) is 0 Å². The fourth-order valence-corrected chi connectivity index (χ4v) is 2.95. The smallest absolute Gasteiger partial charge is 0.0337 e. The Balaban J connectivity index is 2.37. The summed E-state index contributed by atoms with van der Waals surface area (Å²) in [4.78, 5) is 0. The number of benzene rings is 1. The van der Waals surface area contributed by atoms with Gasteiger partial charge in [-0.15, -0.1) is 0 Å². The van der Waals surface area contributed by atoms with Crippen LogP contribution in [0.15, 0.2) is 72.9 Å². The Bertz CT molecular complexity index is 478. The first-order valence-corrected chi connectivity index (χ1v) is 5.47. The quantitative estimate of drug-likeness (QED) is 0.599. The molecule has 78 valence electrons. The van der Waals surface area contributed by atoms with Gasteiger partial charge in [0.15, 0.2) is 0 Å². The summed E-state index contributed by atoms with van der Waals surface area (Å²) in [7, 11) is 0. The third-order valence-electron chi connectivity index (χ3n) is 3.84. The van der Waals surface area contributed by atoms with Crippen molar-refractivity contribution in [1.82, 2.24) is 0 Å². The van der Waals surface area contributed by atoms with E-state index in [1.165, 1.54) is 11.1 Å². The number of hydrogen-bond acceptors (Lipinski definition) is 0. The van der Waals surface area contributed by atoms with Gasteiger partial charge in [0.1, 0.15) is 0 Å². The summed E-state index contributed by atoms with van der Waals surface area (Å²) >= 11 is 0. The summed E-state index contributed by atoms with van der Waals surface area (Å²) < 4.78 is 0. The highest BCUT2D eigenvalue weighted by Crippen LogP contribution is 2.57. The third-order valence-corrected chi connectivity index (χ3v) is 3.84. The maximum atomic E-state index is 4.16. The lowest BCUT2D eigenvalue weighted by Gasteiger charge is -2.44. The van der Waals surface area contributed by atoms with Gasteiger partial charge in [-0.05, 0) is 33.4 Å². The third kappa shape index (κ3) is 0.898. The maximum Gasteiger partial charge on any atom is 0.0337 e. The molecule has 4 rings (SSSR count). The van der Waals surface area contributed by atoms with Gasteiger partial charge < -0.3 is 0 Å². The highest BCUT2D eigenvalue weighted by Gasteiger charge is 2.42. The largest absolute Gasteiger partial charge is 0.0946 e. The number of hydrogen-bond donors (Lipinski definition) is 0. The molecular weight excluding hydrogens is 192 g/mol. The molecule has 1 fully saturated rings. The molecule has 0 unspecified atom stereocenters. The van der Waals surface area contributed by atoms with E-state index in [1.807, 2.05) is 0 Å². The van der Waals surface area contributed by atoms with Crippen molar-refractivity contribution in [3.63, 3.8) is 0 Å². The molecule has 0 N–H and O–H groups in total. The second-order valence-corrected chi connectivity index (χ2v) is 4.60. The van der Waals surface area contributed by atoms with E-state index in [1.54, 1.807) is 0 Å². The molecule has 1 aromatic carbocycles. The summed E-state index contributed by atoms with van der Waals surface area (Å²) in [6, 6.07) is 8.49. The number of allylic oxidation sites excluding steroid dienone is 4. The molecular formula is C16H14. The van der Waals surface area contributed by atoms with Crippen LogP contribution < -0.4 is 0 Å². The van der Waals surface area contributed by atoms with Crippen molar-refractivity contribution in [1.29, 1.82) is 0 Å². The minimum atomic E-state index is 0.209. The lowest BCUT2D eigenvalue weighted by atomic mass is 9.59. The minimum absolute atomic E-state index is 0.209. The molecule has 2 bridgehead atoms. The van der Waals surface area contributed by atoms with Crippen LogP contribution in [0.3, 0.4) is 0 Å². The van der Waals surface area contributed by atoms with E-state index < -0.39 is 0 Å². The SMILES string of the molecule is C=C1C(=C)C2C(=C)C(=C)C1c1ccccc12. The van der Waals surface area contributed by atoms with E-state index in [4.69, 9.17) is 0 Å². The molecule has 3 aliphatic carbocycles. The van der Waals surface area contributed by atoms with E-state index in [2.05, 4.69) is 50.6 Å². The van der Waals surface area contributed by atoms with Gasteiger partial charge in [-0.25, -0.2) is 0 Å². The molecule has 0 radical (unpaired) electrons. The molecule has 0 spiro atoms. The van der Waals surface area contributed by atoms with Crippen molar-refractivity contribution >= 4 is 0 Å². The molecule has 0 amide bonds. The zero-order valence-electron chi connectivity index (χ0n) is 9.29. The molecule has 0 heterocycles. The van der Waals surface area contributed by atoms with Crippen LogP contribution in [0.5, 0.6) is 0 Å². The molecule has 3 aliphatic rings. The van der Waals surface area contributed by atoms with Gasteiger partial charge >= 0.3 is 0 Å². The van der Waals surface area contributed by atoms with Crippen LogP contribution in [0.4, 0.5) is 0 Å². The summed E-state index contributed by atoms with van der Waals surface area (Å²) in [5, 5.41) is 0. The standard InChI is InChI=1S/C16H14/c1-9-10(2)16-12(4)11(3)15(9)13-7-5-6-8-14(13)16/h5-8,15-16H,1-4H2. The Kier molecular flexibility index (Phi) is 1.68. The van der Waals surface area contributed by atoms with Crippen molar-refractivity contribution in [3.8, 4) is 0 Å². The van der Waals surface area contributed by atoms with Crippen LogP contribution in [0, 0.1) is 0 Å². The Morgan fingerprint density at radius 2 is 0.938 bits per heavy atom. The lowest BCUT2D eigenvalue weighted by molar-refractivity contribution is 0.733. The number of rotatable bonds is 0. The summed E-state index contributed by atoms with van der Waals surface area (Å²) in [6.45, 7) is 16.6. The van der Waals surface area contributed by atoms with Crippen LogP contribution in [0.25, 0.3) is 0 Å².